The molecule has 17 heavy (non-hydrogen) atoms. The molecule has 3 nitrogen and oxygen atoms in total. The van der Waals surface area contributed by atoms with Crippen LogP contribution in [0.1, 0.15) is 32.9 Å². The molecule has 0 radical (unpaired) electrons. The molecular formula is C14H26N2O. The van der Waals surface area contributed by atoms with E-state index in [0.29, 0.717) is 5.92 Å². The number of aromatic nitrogens is 1. The number of nitrogens with zero attached hydrogens (tertiary/aromatic N) is 1. The summed E-state index contributed by atoms with van der Waals surface area (Å²) in [5.74, 6) is 0.705. The van der Waals surface area contributed by atoms with Crippen molar-refractivity contribution >= 4 is 0 Å². The van der Waals surface area contributed by atoms with Gasteiger partial charge in [0.15, 0.2) is 0 Å². The molecule has 0 saturated heterocycles. The lowest BCUT2D eigenvalue weighted by molar-refractivity contribution is 0.141. The van der Waals surface area contributed by atoms with Crippen LogP contribution in [-0.4, -0.2) is 24.3 Å². The molecular weight excluding hydrogens is 212 g/mol. The van der Waals surface area contributed by atoms with Gasteiger partial charge >= 0.3 is 0 Å². The van der Waals surface area contributed by atoms with Gasteiger partial charge in [0.1, 0.15) is 0 Å². The molecule has 0 aliphatic heterocycles. The second-order valence-electron chi connectivity index (χ2n) is 4.77. The van der Waals surface area contributed by atoms with Gasteiger partial charge in [-0.3, -0.25) is 0 Å². The van der Waals surface area contributed by atoms with Crippen LogP contribution >= 0.6 is 0 Å². The van der Waals surface area contributed by atoms with E-state index in [-0.39, 0.29) is 0 Å². The van der Waals surface area contributed by atoms with Crippen LogP contribution in [0.2, 0.25) is 0 Å². The Kier molecular flexibility index (Phi) is 6.97. The Morgan fingerprint density at radius 1 is 1.41 bits per heavy atom. The second-order valence-corrected chi connectivity index (χ2v) is 4.77. The molecule has 0 aromatic carbocycles. The van der Waals surface area contributed by atoms with Crippen LogP contribution < -0.4 is 5.32 Å². The number of ether oxygens (including phenoxy) is 1. The first-order valence-electron chi connectivity index (χ1n) is 6.66. The minimum atomic E-state index is 0.705. The maximum atomic E-state index is 5.36. The third-order valence-electron chi connectivity index (χ3n) is 2.67. The van der Waals surface area contributed by atoms with E-state index in [9.17, 15) is 0 Å². The molecule has 1 heterocycles. The van der Waals surface area contributed by atoms with Gasteiger partial charge < -0.3 is 14.6 Å². The Bertz CT molecular complexity index is 294. The molecule has 0 amide bonds. The highest BCUT2D eigenvalue weighted by Crippen LogP contribution is 2.04. The van der Waals surface area contributed by atoms with Crippen LogP contribution in [0.4, 0.5) is 0 Å². The van der Waals surface area contributed by atoms with Gasteiger partial charge in [0.2, 0.25) is 0 Å². The van der Waals surface area contributed by atoms with E-state index in [1.54, 1.807) is 0 Å². The summed E-state index contributed by atoms with van der Waals surface area (Å²) in [6.07, 6.45) is 3.23. The summed E-state index contributed by atoms with van der Waals surface area (Å²) in [5, 5.41) is 3.48. The lowest BCUT2D eigenvalue weighted by Gasteiger charge is -2.11. The second kappa shape index (κ2) is 8.31. The van der Waals surface area contributed by atoms with Crippen molar-refractivity contribution < 1.29 is 4.74 Å². The first kappa shape index (κ1) is 14.3. The number of rotatable bonds is 9. The Balaban J connectivity index is 2.27. The normalized spacial score (nSPS) is 11.3. The molecule has 0 bridgehead atoms. The van der Waals surface area contributed by atoms with Crippen molar-refractivity contribution in [2.24, 2.45) is 5.92 Å². The Morgan fingerprint density at radius 2 is 2.24 bits per heavy atom. The SMILES string of the molecule is CCOCCCn1cccc1CNCC(C)C. The van der Waals surface area contributed by atoms with Crippen LogP contribution in [0.15, 0.2) is 18.3 Å². The van der Waals surface area contributed by atoms with E-state index in [4.69, 9.17) is 4.74 Å². The van der Waals surface area contributed by atoms with Gasteiger partial charge in [-0.2, -0.15) is 0 Å². The lowest BCUT2D eigenvalue weighted by Crippen LogP contribution is -2.21. The number of hydrogen-bond donors (Lipinski definition) is 1. The van der Waals surface area contributed by atoms with Gasteiger partial charge in [-0.25, -0.2) is 0 Å². The summed E-state index contributed by atoms with van der Waals surface area (Å²) in [7, 11) is 0. The zero-order valence-electron chi connectivity index (χ0n) is 11.4. The molecule has 1 rings (SSSR count). The average molecular weight is 238 g/mol. The predicted molar refractivity (Wildman–Crippen MR) is 72.1 cm³/mol. The van der Waals surface area contributed by atoms with Crippen LogP contribution in [0.25, 0.3) is 0 Å². The fourth-order valence-corrected chi connectivity index (χ4v) is 1.80. The molecule has 0 atom stereocenters. The van der Waals surface area contributed by atoms with E-state index >= 15 is 0 Å². The van der Waals surface area contributed by atoms with Crippen LogP contribution in [0.3, 0.4) is 0 Å². The highest BCUT2D eigenvalue weighted by Gasteiger charge is 2.01. The molecule has 0 spiro atoms. The van der Waals surface area contributed by atoms with E-state index in [0.717, 1.165) is 39.3 Å². The molecule has 0 fully saturated rings. The number of hydrogen-bond acceptors (Lipinski definition) is 2. The minimum Gasteiger partial charge on any atom is -0.382 e. The van der Waals surface area contributed by atoms with Crippen molar-refractivity contribution in [3.63, 3.8) is 0 Å². The van der Waals surface area contributed by atoms with Gasteiger partial charge in [0.25, 0.3) is 0 Å². The van der Waals surface area contributed by atoms with Crippen molar-refractivity contribution in [1.29, 1.82) is 0 Å². The highest BCUT2D eigenvalue weighted by molar-refractivity contribution is 5.06. The largest absolute Gasteiger partial charge is 0.382 e. The van der Waals surface area contributed by atoms with Gasteiger partial charge in [0.05, 0.1) is 0 Å². The fraction of sp³-hybridized carbons (Fsp3) is 0.714. The summed E-state index contributed by atoms with van der Waals surface area (Å²) < 4.78 is 7.67. The standard InChI is InChI=1S/C14H26N2O/c1-4-17-10-6-9-16-8-5-7-14(16)12-15-11-13(2)3/h5,7-8,13,15H,4,6,9-12H2,1-3H3. The van der Waals surface area contributed by atoms with Gasteiger partial charge in [-0.15, -0.1) is 0 Å². The predicted octanol–water partition coefficient (Wildman–Crippen LogP) is 2.66. The Morgan fingerprint density at radius 3 is 2.94 bits per heavy atom. The van der Waals surface area contributed by atoms with Crippen molar-refractivity contribution in [1.82, 2.24) is 9.88 Å². The van der Waals surface area contributed by atoms with Crippen LogP contribution in [0, 0.1) is 5.92 Å². The number of aryl methyl sites for hydroxylation is 1. The van der Waals surface area contributed by atoms with E-state index in [1.165, 1.54) is 5.69 Å². The third kappa shape index (κ3) is 5.89. The highest BCUT2D eigenvalue weighted by atomic mass is 16.5. The summed E-state index contributed by atoms with van der Waals surface area (Å²) in [6, 6.07) is 4.31. The molecule has 0 saturated carbocycles. The molecule has 1 aromatic rings. The Labute approximate surface area is 105 Å². The maximum absolute atomic E-state index is 5.36. The molecule has 98 valence electrons. The van der Waals surface area contributed by atoms with Crippen molar-refractivity contribution in [2.45, 2.75) is 40.3 Å². The molecule has 0 unspecified atom stereocenters. The first-order chi connectivity index (χ1) is 8.24. The van der Waals surface area contributed by atoms with Gasteiger partial charge in [-0.05, 0) is 37.9 Å². The third-order valence-corrected chi connectivity index (χ3v) is 2.67. The van der Waals surface area contributed by atoms with Crippen molar-refractivity contribution in [2.75, 3.05) is 19.8 Å². The monoisotopic (exact) mass is 238 g/mol. The minimum absolute atomic E-state index is 0.705. The summed E-state index contributed by atoms with van der Waals surface area (Å²) in [5.41, 5.74) is 1.36. The topological polar surface area (TPSA) is 26.2 Å². The molecule has 1 N–H and O–H groups in total. The van der Waals surface area contributed by atoms with E-state index < -0.39 is 0 Å². The number of nitrogens with one attached hydrogen (secondary N) is 1. The zero-order valence-corrected chi connectivity index (χ0v) is 11.4. The molecule has 3 heteroatoms. The first-order valence-corrected chi connectivity index (χ1v) is 6.66. The van der Waals surface area contributed by atoms with Crippen molar-refractivity contribution in [3.05, 3.63) is 24.0 Å². The quantitative estimate of drug-likeness (QED) is 0.669. The van der Waals surface area contributed by atoms with Crippen LogP contribution in [-0.2, 0) is 17.8 Å². The van der Waals surface area contributed by atoms with E-state index in [2.05, 4.69) is 42.1 Å². The molecule has 1 aromatic heterocycles. The smallest absolute Gasteiger partial charge is 0.0482 e. The van der Waals surface area contributed by atoms with Gasteiger partial charge in [0, 0.05) is 38.2 Å². The summed E-state index contributed by atoms with van der Waals surface area (Å²) in [6.45, 7) is 11.2. The van der Waals surface area contributed by atoms with Gasteiger partial charge in [-0.1, -0.05) is 13.8 Å². The summed E-state index contributed by atoms with van der Waals surface area (Å²) >= 11 is 0. The lowest BCUT2D eigenvalue weighted by atomic mass is 10.2. The molecule has 0 aliphatic rings. The van der Waals surface area contributed by atoms with Crippen LogP contribution in [0.5, 0.6) is 0 Å². The zero-order chi connectivity index (χ0) is 12.5. The Hall–Kier alpha value is -0.800. The van der Waals surface area contributed by atoms with E-state index in [1.807, 2.05) is 6.92 Å². The molecule has 0 aliphatic carbocycles. The van der Waals surface area contributed by atoms with Crippen molar-refractivity contribution in [3.8, 4) is 0 Å². The summed E-state index contributed by atoms with van der Waals surface area (Å²) in [4.78, 5) is 0. The average Bonchev–Trinajstić information content (AvgIpc) is 2.72. The maximum Gasteiger partial charge on any atom is 0.0482 e. The fourth-order valence-electron chi connectivity index (χ4n) is 1.80.